The fourth-order valence-electron chi connectivity index (χ4n) is 1.76. The summed E-state index contributed by atoms with van der Waals surface area (Å²) in [6, 6.07) is 6.81. The van der Waals surface area contributed by atoms with Crippen LogP contribution in [0.25, 0.3) is 0 Å². The van der Waals surface area contributed by atoms with Crippen molar-refractivity contribution in [2.45, 2.75) is 46.5 Å². The van der Waals surface area contributed by atoms with E-state index >= 15 is 0 Å². The first kappa shape index (κ1) is 19.0. The molecule has 0 aliphatic rings. The molecule has 0 heterocycles. The third-order valence-corrected chi connectivity index (χ3v) is 4.99. The molecule has 0 atom stereocenters. The minimum Gasteiger partial charge on any atom is -0.273 e. The zero-order chi connectivity index (χ0) is 17.2. The molecule has 0 aliphatic heterocycles. The molecule has 1 amide bonds. The van der Waals surface area contributed by atoms with E-state index in [1.165, 1.54) is 0 Å². The summed E-state index contributed by atoms with van der Waals surface area (Å²) in [6.07, 6.45) is 0.483. The van der Waals surface area contributed by atoms with Gasteiger partial charge in [0.25, 0.3) is 0 Å². The zero-order valence-electron chi connectivity index (χ0n) is 13.7. The number of nitrogens with one attached hydrogen (secondary N) is 1. The largest absolute Gasteiger partial charge is 0.273 e. The molecule has 1 aromatic carbocycles. The predicted octanol–water partition coefficient (Wildman–Crippen LogP) is 3.50. The molecule has 1 rings (SSSR count). The van der Waals surface area contributed by atoms with E-state index < -0.39 is 21.3 Å². The first-order valence-corrected chi connectivity index (χ1v) is 9.17. The molecule has 124 valence electrons. The number of carbonyl (C=O) groups is 1. The van der Waals surface area contributed by atoms with Crippen molar-refractivity contribution in [1.29, 1.82) is 0 Å². The standard InChI is InChI=1S/C16H24ClNO3S/c1-15(2,3)10-11-22(20,21)18-14(19)16(4,5)12-6-8-13(17)9-7-12/h6-9H,10-11H2,1-5H3,(H,18,19). The summed E-state index contributed by atoms with van der Waals surface area (Å²) in [5, 5.41) is 0.567. The van der Waals surface area contributed by atoms with Crippen LogP contribution in [0, 0.1) is 5.41 Å². The van der Waals surface area contributed by atoms with Gasteiger partial charge in [-0.05, 0) is 43.4 Å². The van der Waals surface area contributed by atoms with Gasteiger partial charge in [-0.3, -0.25) is 9.52 Å². The van der Waals surface area contributed by atoms with Gasteiger partial charge in [-0.15, -0.1) is 0 Å². The number of hydrogen-bond acceptors (Lipinski definition) is 3. The van der Waals surface area contributed by atoms with Crippen molar-refractivity contribution in [2.24, 2.45) is 5.41 Å². The number of carbonyl (C=O) groups excluding carboxylic acids is 1. The van der Waals surface area contributed by atoms with Crippen LogP contribution >= 0.6 is 11.6 Å². The lowest BCUT2D eigenvalue weighted by Crippen LogP contribution is -2.44. The highest BCUT2D eigenvalue weighted by Gasteiger charge is 2.32. The van der Waals surface area contributed by atoms with Gasteiger partial charge in [0.1, 0.15) is 0 Å². The Bertz CT molecular complexity index is 628. The molecule has 6 heteroatoms. The molecule has 4 nitrogen and oxygen atoms in total. The van der Waals surface area contributed by atoms with Gasteiger partial charge in [-0.2, -0.15) is 0 Å². The fraction of sp³-hybridized carbons (Fsp3) is 0.562. The highest BCUT2D eigenvalue weighted by molar-refractivity contribution is 7.90. The van der Waals surface area contributed by atoms with E-state index in [4.69, 9.17) is 11.6 Å². The van der Waals surface area contributed by atoms with Gasteiger partial charge in [-0.1, -0.05) is 44.5 Å². The van der Waals surface area contributed by atoms with Crippen molar-refractivity contribution in [3.8, 4) is 0 Å². The second kappa shape index (κ2) is 6.59. The van der Waals surface area contributed by atoms with Crippen LogP contribution in [0.1, 0.15) is 46.6 Å². The predicted molar refractivity (Wildman–Crippen MR) is 90.5 cm³/mol. The van der Waals surface area contributed by atoms with Crippen LogP contribution < -0.4 is 4.72 Å². The van der Waals surface area contributed by atoms with Crippen molar-refractivity contribution in [2.75, 3.05) is 5.75 Å². The van der Waals surface area contributed by atoms with Gasteiger partial charge in [0.15, 0.2) is 0 Å². The first-order chi connectivity index (χ1) is 9.83. The normalized spacial score (nSPS) is 13.0. The van der Waals surface area contributed by atoms with Gasteiger partial charge in [0, 0.05) is 5.02 Å². The summed E-state index contributed by atoms with van der Waals surface area (Å²) in [5.41, 5.74) is -0.358. The summed E-state index contributed by atoms with van der Waals surface area (Å²) in [5.74, 6) is -0.609. The third-order valence-electron chi connectivity index (χ3n) is 3.50. The van der Waals surface area contributed by atoms with Gasteiger partial charge in [0.2, 0.25) is 15.9 Å². The minimum atomic E-state index is -3.64. The van der Waals surface area contributed by atoms with Crippen molar-refractivity contribution in [1.82, 2.24) is 4.72 Å². The third kappa shape index (κ3) is 5.61. The van der Waals surface area contributed by atoms with Crippen molar-refractivity contribution >= 4 is 27.5 Å². The van der Waals surface area contributed by atoms with Crippen LogP contribution in [-0.4, -0.2) is 20.1 Å². The number of rotatable bonds is 5. The maximum Gasteiger partial charge on any atom is 0.243 e. The van der Waals surface area contributed by atoms with E-state index in [1.54, 1.807) is 38.1 Å². The van der Waals surface area contributed by atoms with E-state index in [2.05, 4.69) is 4.72 Å². The summed E-state index contributed by atoms with van der Waals surface area (Å²) in [7, 11) is -3.64. The Morgan fingerprint density at radius 2 is 1.59 bits per heavy atom. The molecule has 0 saturated heterocycles. The maximum absolute atomic E-state index is 12.4. The zero-order valence-corrected chi connectivity index (χ0v) is 15.3. The Morgan fingerprint density at radius 3 is 2.05 bits per heavy atom. The quantitative estimate of drug-likeness (QED) is 0.888. The van der Waals surface area contributed by atoms with Gasteiger partial charge in [-0.25, -0.2) is 8.42 Å². The molecule has 0 fully saturated rings. The van der Waals surface area contributed by atoms with Gasteiger partial charge in [0.05, 0.1) is 11.2 Å². The Hall–Kier alpha value is -1.07. The lowest BCUT2D eigenvalue weighted by molar-refractivity contribution is -0.123. The van der Waals surface area contributed by atoms with Crippen molar-refractivity contribution < 1.29 is 13.2 Å². The molecule has 1 aromatic rings. The second-order valence-corrected chi connectivity index (χ2v) is 9.47. The van der Waals surface area contributed by atoms with E-state index in [0.717, 1.165) is 0 Å². The highest BCUT2D eigenvalue weighted by Crippen LogP contribution is 2.25. The smallest absolute Gasteiger partial charge is 0.243 e. The summed E-state index contributed by atoms with van der Waals surface area (Å²) >= 11 is 5.84. The second-order valence-electron chi connectivity index (χ2n) is 7.19. The molecule has 0 aromatic heterocycles. The molecule has 0 spiro atoms. The van der Waals surface area contributed by atoms with Crippen molar-refractivity contribution in [3.05, 3.63) is 34.9 Å². The Morgan fingerprint density at radius 1 is 1.09 bits per heavy atom. The highest BCUT2D eigenvalue weighted by atomic mass is 35.5. The summed E-state index contributed by atoms with van der Waals surface area (Å²) in [4.78, 5) is 12.4. The van der Waals surface area contributed by atoms with E-state index in [9.17, 15) is 13.2 Å². The lowest BCUT2D eigenvalue weighted by atomic mass is 9.84. The molecule has 0 radical (unpaired) electrons. The lowest BCUT2D eigenvalue weighted by Gasteiger charge is -2.25. The van der Waals surface area contributed by atoms with E-state index in [-0.39, 0.29) is 11.2 Å². The van der Waals surface area contributed by atoms with Crippen LogP contribution in [0.4, 0.5) is 0 Å². The maximum atomic E-state index is 12.4. The number of sulfonamides is 1. The molecule has 0 aliphatic carbocycles. The molecule has 0 bridgehead atoms. The fourth-order valence-corrected chi connectivity index (χ4v) is 3.40. The number of hydrogen-bond donors (Lipinski definition) is 1. The van der Waals surface area contributed by atoms with Crippen LogP contribution in [0.5, 0.6) is 0 Å². The van der Waals surface area contributed by atoms with Gasteiger partial charge >= 0.3 is 0 Å². The number of halogens is 1. The van der Waals surface area contributed by atoms with Crippen LogP contribution in [0.2, 0.25) is 5.02 Å². The molecular weight excluding hydrogens is 322 g/mol. The van der Waals surface area contributed by atoms with Crippen molar-refractivity contribution in [3.63, 3.8) is 0 Å². The van der Waals surface area contributed by atoms with E-state index in [1.807, 2.05) is 20.8 Å². The van der Waals surface area contributed by atoms with Crippen LogP contribution in [0.15, 0.2) is 24.3 Å². The Kier molecular flexibility index (Phi) is 5.68. The molecule has 0 saturated carbocycles. The first-order valence-electron chi connectivity index (χ1n) is 7.14. The summed E-state index contributed by atoms with van der Waals surface area (Å²) in [6.45, 7) is 9.25. The number of amides is 1. The van der Waals surface area contributed by atoms with Crippen LogP contribution in [-0.2, 0) is 20.2 Å². The molecule has 22 heavy (non-hydrogen) atoms. The number of benzene rings is 1. The average molecular weight is 346 g/mol. The Labute approximate surface area is 138 Å². The summed E-state index contributed by atoms with van der Waals surface area (Å²) < 4.78 is 26.3. The van der Waals surface area contributed by atoms with E-state index in [0.29, 0.717) is 17.0 Å². The SMILES string of the molecule is CC(C)(C)CCS(=O)(=O)NC(=O)C(C)(C)c1ccc(Cl)cc1. The molecular formula is C16H24ClNO3S. The topological polar surface area (TPSA) is 63.2 Å². The minimum absolute atomic E-state index is 0.0705. The average Bonchev–Trinajstić information content (AvgIpc) is 2.36. The Balaban J connectivity index is 2.84. The molecule has 1 N–H and O–H groups in total. The molecule has 0 unspecified atom stereocenters. The van der Waals surface area contributed by atoms with Gasteiger partial charge < -0.3 is 0 Å². The monoisotopic (exact) mass is 345 g/mol. The van der Waals surface area contributed by atoms with Crippen LogP contribution in [0.3, 0.4) is 0 Å².